The smallest absolute Gasteiger partial charge is 0.254 e. The highest BCUT2D eigenvalue weighted by Gasteiger charge is 2.36. The van der Waals surface area contributed by atoms with Crippen LogP contribution in [0.5, 0.6) is 0 Å². The summed E-state index contributed by atoms with van der Waals surface area (Å²) in [6, 6.07) is 8.85. The van der Waals surface area contributed by atoms with Crippen molar-refractivity contribution in [1.82, 2.24) is 14.8 Å². The summed E-state index contributed by atoms with van der Waals surface area (Å²) in [6.07, 6.45) is 3.12. The number of benzene rings is 1. The highest BCUT2D eigenvalue weighted by Crippen LogP contribution is 2.22. The van der Waals surface area contributed by atoms with E-state index in [4.69, 9.17) is 0 Å². The van der Waals surface area contributed by atoms with Crippen LogP contribution in [0.2, 0.25) is 0 Å². The lowest BCUT2D eigenvalue weighted by Crippen LogP contribution is -2.60. The normalized spacial score (nSPS) is 17.1. The molecule has 2 amide bonds. The first-order valence-electron chi connectivity index (χ1n) is 8.40. The molecule has 2 heterocycles. The Morgan fingerprint density at radius 1 is 1.08 bits per heavy atom. The van der Waals surface area contributed by atoms with Gasteiger partial charge in [-0.2, -0.15) is 0 Å². The maximum absolute atomic E-state index is 13.2. The Labute approximate surface area is 151 Å². The van der Waals surface area contributed by atoms with Gasteiger partial charge in [-0.1, -0.05) is 0 Å². The molecule has 1 aromatic heterocycles. The van der Waals surface area contributed by atoms with Gasteiger partial charge in [-0.05, 0) is 36.4 Å². The van der Waals surface area contributed by atoms with E-state index in [0.717, 1.165) is 5.69 Å². The number of amides is 2. The Balaban J connectivity index is 1.85. The molecule has 1 aliphatic rings. The maximum Gasteiger partial charge on any atom is 0.254 e. The van der Waals surface area contributed by atoms with Crippen molar-refractivity contribution in [3.63, 3.8) is 0 Å². The van der Waals surface area contributed by atoms with Crippen LogP contribution in [-0.4, -0.2) is 66.4 Å². The molecule has 0 N–H and O–H groups in total. The van der Waals surface area contributed by atoms with Crippen molar-refractivity contribution in [3.8, 4) is 0 Å². The standard InChI is InChI=1S/C19H21FN4O2/c1-22(2)19(26)17-13-23(16-5-3-15(20)4-6-16)11-12-24(17)18(25)14-7-9-21-10-8-14/h3-10,17H,11-13H2,1-2H3. The van der Waals surface area contributed by atoms with Crippen LogP contribution in [0.25, 0.3) is 0 Å². The second kappa shape index (κ2) is 7.51. The summed E-state index contributed by atoms with van der Waals surface area (Å²) in [7, 11) is 3.35. The van der Waals surface area contributed by atoms with Crippen LogP contribution >= 0.6 is 0 Å². The van der Waals surface area contributed by atoms with Crippen LogP contribution in [0.3, 0.4) is 0 Å². The highest BCUT2D eigenvalue weighted by molar-refractivity contribution is 5.98. The van der Waals surface area contributed by atoms with Crippen LogP contribution in [0.4, 0.5) is 10.1 Å². The molecule has 1 aliphatic heterocycles. The fraction of sp³-hybridized carbons (Fsp3) is 0.316. The Morgan fingerprint density at radius 3 is 2.35 bits per heavy atom. The number of rotatable bonds is 3. The predicted molar refractivity (Wildman–Crippen MR) is 96.4 cm³/mol. The van der Waals surface area contributed by atoms with Gasteiger partial charge in [-0.15, -0.1) is 0 Å². The van der Waals surface area contributed by atoms with Gasteiger partial charge < -0.3 is 14.7 Å². The zero-order chi connectivity index (χ0) is 18.7. The van der Waals surface area contributed by atoms with Gasteiger partial charge in [0.05, 0.1) is 0 Å². The van der Waals surface area contributed by atoms with E-state index in [2.05, 4.69) is 4.98 Å². The number of nitrogens with zero attached hydrogens (tertiary/aromatic N) is 4. The molecule has 1 fully saturated rings. The van der Waals surface area contributed by atoms with Crippen molar-refractivity contribution in [3.05, 3.63) is 60.2 Å². The van der Waals surface area contributed by atoms with Crippen LogP contribution < -0.4 is 4.90 Å². The van der Waals surface area contributed by atoms with Crippen LogP contribution in [0.1, 0.15) is 10.4 Å². The number of likely N-dealkylation sites (N-methyl/N-ethyl adjacent to an activating group) is 1. The molecule has 0 saturated carbocycles. The van der Waals surface area contributed by atoms with Crippen molar-refractivity contribution < 1.29 is 14.0 Å². The number of carbonyl (C=O) groups is 2. The van der Waals surface area contributed by atoms with E-state index in [1.807, 2.05) is 4.90 Å². The minimum Gasteiger partial charge on any atom is -0.367 e. The van der Waals surface area contributed by atoms with E-state index in [-0.39, 0.29) is 17.6 Å². The summed E-state index contributed by atoms with van der Waals surface area (Å²) < 4.78 is 13.2. The Morgan fingerprint density at radius 2 is 1.73 bits per heavy atom. The van der Waals surface area contributed by atoms with E-state index in [0.29, 0.717) is 25.2 Å². The number of halogens is 1. The number of carbonyl (C=O) groups excluding carboxylic acids is 2. The number of aromatic nitrogens is 1. The SMILES string of the molecule is CN(C)C(=O)C1CN(c2ccc(F)cc2)CCN1C(=O)c1ccncc1. The van der Waals surface area contributed by atoms with Gasteiger partial charge in [0.25, 0.3) is 5.91 Å². The molecular formula is C19H21FN4O2. The molecule has 0 spiro atoms. The molecule has 2 aromatic rings. The molecule has 1 atom stereocenters. The first-order valence-corrected chi connectivity index (χ1v) is 8.40. The summed E-state index contributed by atoms with van der Waals surface area (Å²) >= 11 is 0. The van der Waals surface area contributed by atoms with Gasteiger partial charge in [0, 0.05) is 57.4 Å². The number of anilines is 1. The van der Waals surface area contributed by atoms with Gasteiger partial charge in [-0.25, -0.2) is 4.39 Å². The lowest BCUT2D eigenvalue weighted by Gasteiger charge is -2.42. The lowest BCUT2D eigenvalue weighted by atomic mass is 10.1. The van der Waals surface area contributed by atoms with Gasteiger partial charge in [0.2, 0.25) is 5.91 Å². The summed E-state index contributed by atoms with van der Waals surface area (Å²) in [5.41, 5.74) is 1.34. The molecule has 1 unspecified atom stereocenters. The number of pyridine rings is 1. The molecule has 0 radical (unpaired) electrons. The van der Waals surface area contributed by atoms with Crippen molar-refractivity contribution >= 4 is 17.5 Å². The number of piperazine rings is 1. The topological polar surface area (TPSA) is 56.8 Å². The second-order valence-corrected chi connectivity index (χ2v) is 6.41. The van der Waals surface area contributed by atoms with Crippen molar-refractivity contribution in [2.45, 2.75) is 6.04 Å². The molecule has 3 rings (SSSR count). The van der Waals surface area contributed by atoms with E-state index in [1.165, 1.54) is 17.0 Å². The van der Waals surface area contributed by atoms with Gasteiger partial charge in [0.1, 0.15) is 11.9 Å². The van der Waals surface area contributed by atoms with Gasteiger partial charge in [-0.3, -0.25) is 14.6 Å². The van der Waals surface area contributed by atoms with Crippen molar-refractivity contribution in [2.75, 3.05) is 38.6 Å². The minimum atomic E-state index is -0.607. The van der Waals surface area contributed by atoms with Crippen LogP contribution in [0.15, 0.2) is 48.8 Å². The summed E-state index contributed by atoms with van der Waals surface area (Å²) in [5, 5.41) is 0. The Kier molecular flexibility index (Phi) is 5.16. The largest absolute Gasteiger partial charge is 0.367 e. The first kappa shape index (κ1) is 17.8. The average molecular weight is 356 g/mol. The predicted octanol–water partition coefficient (Wildman–Crippen LogP) is 1.64. The molecule has 136 valence electrons. The fourth-order valence-electron chi connectivity index (χ4n) is 3.08. The summed E-state index contributed by atoms with van der Waals surface area (Å²) in [6.45, 7) is 1.34. The Bertz CT molecular complexity index is 780. The molecule has 6 nitrogen and oxygen atoms in total. The molecule has 0 aliphatic carbocycles. The van der Waals surface area contributed by atoms with E-state index in [1.54, 1.807) is 55.7 Å². The summed E-state index contributed by atoms with van der Waals surface area (Å²) in [4.78, 5) is 34.6. The highest BCUT2D eigenvalue weighted by atomic mass is 19.1. The third-order valence-electron chi connectivity index (χ3n) is 4.49. The van der Waals surface area contributed by atoms with Gasteiger partial charge in [0.15, 0.2) is 0 Å². The molecular weight excluding hydrogens is 335 g/mol. The zero-order valence-electron chi connectivity index (χ0n) is 14.8. The third-order valence-corrected chi connectivity index (χ3v) is 4.49. The number of hydrogen-bond acceptors (Lipinski definition) is 4. The number of hydrogen-bond donors (Lipinski definition) is 0. The summed E-state index contributed by atoms with van der Waals surface area (Å²) in [5.74, 6) is -0.633. The third kappa shape index (κ3) is 3.66. The second-order valence-electron chi connectivity index (χ2n) is 6.41. The molecule has 1 saturated heterocycles. The van der Waals surface area contributed by atoms with Gasteiger partial charge >= 0.3 is 0 Å². The minimum absolute atomic E-state index is 0.140. The average Bonchev–Trinajstić information content (AvgIpc) is 2.67. The molecule has 1 aromatic carbocycles. The van der Waals surface area contributed by atoms with Crippen molar-refractivity contribution in [2.24, 2.45) is 0 Å². The molecule has 26 heavy (non-hydrogen) atoms. The lowest BCUT2D eigenvalue weighted by molar-refractivity contribution is -0.133. The first-order chi connectivity index (χ1) is 12.5. The Hall–Kier alpha value is -2.96. The fourth-order valence-corrected chi connectivity index (χ4v) is 3.08. The monoisotopic (exact) mass is 356 g/mol. The zero-order valence-corrected chi connectivity index (χ0v) is 14.8. The van der Waals surface area contributed by atoms with Crippen LogP contribution in [-0.2, 0) is 4.79 Å². The van der Waals surface area contributed by atoms with E-state index >= 15 is 0 Å². The molecule has 0 bridgehead atoms. The van der Waals surface area contributed by atoms with E-state index in [9.17, 15) is 14.0 Å². The van der Waals surface area contributed by atoms with Crippen LogP contribution in [0, 0.1) is 5.82 Å². The van der Waals surface area contributed by atoms with Crippen molar-refractivity contribution in [1.29, 1.82) is 0 Å². The maximum atomic E-state index is 13.2. The van der Waals surface area contributed by atoms with E-state index < -0.39 is 6.04 Å². The quantitative estimate of drug-likeness (QED) is 0.839. The molecule has 7 heteroatoms.